The zero-order valence-electron chi connectivity index (χ0n) is 16.9. The summed E-state index contributed by atoms with van der Waals surface area (Å²) in [4.78, 5) is 16.9. The van der Waals surface area contributed by atoms with Crippen molar-refractivity contribution < 1.29 is 14.4 Å². The van der Waals surface area contributed by atoms with Crippen molar-refractivity contribution in [3.8, 4) is 5.75 Å². The molecule has 31 heavy (non-hydrogen) atoms. The van der Waals surface area contributed by atoms with Gasteiger partial charge in [-0.1, -0.05) is 65.8 Å². The molecule has 0 aliphatic carbocycles. The van der Waals surface area contributed by atoms with Gasteiger partial charge in [-0.15, -0.1) is 0 Å². The van der Waals surface area contributed by atoms with E-state index in [-0.39, 0.29) is 12.5 Å². The summed E-state index contributed by atoms with van der Waals surface area (Å²) in [7, 11) is 0. The lowest BCUT2D eigenvalue weighted by atomic mass is 10.1. The zero-order valence-corrected chi connectivity index (χ0v) is 16.9. The first-order chi connectivity index (χ1) is 15.3. The fourth-order valence-electron chi connectivity index (χ4n) is 3.14. The van der Waals surface area contributed by atoms with E-state index in [2.05, 4.69) is 34.7 Å². The molecule has 5 nitrogen and oxygen atoms in total. The van der Waals surface area contributed by atoms with E-state index in [0.717, 1.165) is 22.6 Å². The largest absolute Gasteiger partial charge is 0.489 e. The van der Waals surface area contributed by atoms with Crippen molar-refractivity contribution in [3.05, 3.63) is 108 Å². The third kappa shape index (κ3) is 5.70. The highest BCUT2D eigenvalue weighted by Gasteiger charge is 2.03. The summed E-state index contributed by atoms with van der Waals surface area (Å²) < 4.78 is 5.94. The van der Waals surface area contributed by atoms with Crippen LogP contribution in [0.1, 0.15) is 11.1 Å². The van der Waals surface area contributed by atoms with E-state index in [1.54, 1.807) is 6.21 Å². The normalized spacial score (nSPS) is 10.8. The van der Waals surface area contributed by atoms with Gasteiger partial charge in [-0.05, 0) is 58.3 Å². The van der Waals surface area contributed by atoms with Gasteiger partial charge in [0.15, 0.2) is 6.61 Å². The molecule has 4 aromatic rings. The average molecular weight is 410 g/mol. The Morgan fingerprint density at radius 3 is 2.42 bits per heavy atom. The first kappa shape index (κ1) is 20.2. The van der Waals surface area contributed by atoms with Gasteiger partial charge in [0.1, 0.15) is 12.4 Å². The topological polar surface area (TPSA) is 59.9 Å². The van der Waals surface area contributed by atoms with E-state index in [1.165, 1.54) is 10.8 Å². The predicted molar refractivity (Wildman–Crippen MR) is 123 cm³/mol. The summed E-state index contributed by atoms with van der Waals surface area (Å²) in [6.07, 6.45) is 1.56. The summed E-state index contributed by atoms with van der Waals surface area (Å²) in [6, 6.07) is 31.2. The Bertz CT molecular complexity index is 1170. The summed E-state index contributed by atoms with van der Waals surface area (Å²) >= 11 is 0. The summed E-state index contributed by atoms with van der Waals surface area (Å²) in [5.41, 5.74) is 2.71. The number of nitrogens with zero attached hydrogens (tertiary/aromatic N) is 1. The number of ether oxygens (including phenoxy) is 1. The molecule has 154 valence electrons. The van der Waals surface area contributed by atoms with Crippen LogP contribution in [0.3, 0.4) is 0 Å². The number of benzene rings is 4. The third-order valence-corrected chi connectivity index (χ3v) is 4.68. The van der Waals surface area contributed by atoms with Crippen LogP contribution in [0.15, 0.2) is 102 Å². The van der Waals surface area contributed by atoms with Crippen LogP contribution in [0.5, 0.6) is 5.75 Å². The van der Waals surface area contributed by atoms with Crippen LogP contribution < -0.4 is 10.1 Å². The van der Waals surface area contributed by atoms with Crippen LogP contribution in [-0.4, -0.2) is 18.7 Å². The second-order valence-corrected chi connectivity index (χ2v) is 6.92. The second-order valence-electron chi connectivity index (χ2n) is 6.92. The molecular weight excluding hydrogens is 388 g/mol. The monoisotopic (exact) mass is 410 g/mol. The van der Waals surface area contributed by atoms with Crippen molar-refractivity contribution in [1.29, 1.82) is 0 Å². The van der Waals surface area contributed by atoms with Crippen molar-refractivity contribution >= 4 is 28.6 Å². The van der Waals surface area contributed by atoms with E-state index in [0.29, 0.717) is 6.61 Å². The molecule has 1 amide bonds. The molecule has 1 N–H and O–H groups in total. The molecule has 0 aliphatic heterocycles. The lowest BCUT2D eigenvalue weighted by Gasteiger charge is -2.09. The van der Waals surface area contributed by atoms with E-state index >= 15 is 0 Å². The number of hydrogen-bond donors (Lipinski definition) is 1. The van der Waals surface area contributed by atoms with E-state index < -0.39 is 0 Å². The molecule has 0 bridgehead atoms. The molecule has 0 aliphatic rings. The number of para-hydroxylation sites is 1. The van der Waals surface area contributed by atoms with Crippen LogP contribution in [-0.2, 0) is 16.2 Å². The number of hydrogen-bond acceptors (Lipinski definition) is 4. The SMILES string of the molecule is O=C(CO/N=C/c1ccc(OCc2cccc3ccccc23)cc1)Nc1ccccc1. The van der Waals surface area contributed by atoms with Crippen molar-refractivity contribution in [2.75, 3.05) is 11.9 Å². The Labute approximate surface area is 180 Å². The van der Waals surface area contributed by atoms with Crippen LogP contribution in [0, 0.1) is 0 Å². The Morgan fingerprint density at radius 2 is 1.58 bits per heavy atom. The maximum atomic E-state index is 11.8. The minimum Gasteiger partial charge on any atom is -0.489 e. The molecule has 0 heterocycles. The number of rotatable bonds is 8. The number of carbonyl (C=O) groups excluding carboxylic acids is 1. The number of nitrogens with one attached hydrogen (secondary N) is 1. The number of fused-ring (bicyclic) bond motifs is 1. The van der Waals surface area contributed by atoms with Gasteiger partial charge < -0.3 is 14.9 Å². The Hall–Kier alpha value is -4.12. The molecule has 0 spiro atoms. The lowest BCUT2D eigenvalue weighted by Crippen LogP contribution is -2.16. The first-order valence-corrected chi connectivity index (χ1v) is 9.98. The van der Waals surface area contributed by atoms with Gasteiger partial charge >= 0.3 is 0 Å². The zero-order chi connectivity index (χ0) is 21.3. The molecule has 0 aromatic heterocycles. The molecule has 0 atom stereocenters. The maximum absolute atomic E-state index is 11.8. The number of carbonyl (C=O) groups is 1. The van der Waals surface area contributed by atoms with Crippen LogP contribution in [0.2, 0.25) is 0 Å². The molecule has 4 aromatic carbocycles. The number of anilines is 1. The molecule has 0 saturated carbocycles. The van der Waals surface area contributed by atoms with E-state index in [4.69, 9.17) is 9.57 Å². The highest BCUT2D eigenvalue weighted by Crippen LogP contribution is 2.21. The Balaban J connectivity index is 1.25. The maximum Gasteiger partial charge on any atom is 0.265 e. The quantitative estimate of drug-likeness (QED) is 0.312. The standard InChI is InChI=1S/C26H22N2O3/c29-26(28-23-10-2-1-3-11-23)19-31-27-17-20-13-15-24(16-14-20)30-18-22-9-6-8-21-7-4-5-12-25(21)22/h1-17H,18-19H2,(H,28,29)/b27-17+. The van der Waals surface area contributed by atoms with Gasteiger partial charge in [0.25, 0.3) is 5.91 Å². The first-order valence-electron chi connectivity index (χ1n) is 9.98. The summed E-state index contributed by atoms with van der Waals surface area (Å²) in [5, 5.41) is 8.98. The van der Waals surface area contributed by atoms with Crippen LogP contribution in [0.4, 0.5) is 5.69 Å². The Kier molecular flexibility index (Phi) is 6.55. The second kappa shape index (κ2) is 10.1. The average Bonchev–Trinajstić information content (AvgIpc) is 2.82. The lowest BCUT2D eigenvalue weighted by molar-refractivity contribution is -0.120. The van der Waals surface area contributed by atoms with Gasteiger partial charge in [-0.25, -0.2) is 0 Å². The highest BCUT2D eigenvalue weighted by molar-refractivity contribution is 5.91. The fourth-order valence-corrected chi connectivity index (χ4v) is 3.14. The molecule has 5 heteroatoms. The van der Waals surface area contributed by atoms with Crippen molar-refractivity contribution in [2.45, 2.75) is 6.61 Å². The predicted octanol–water partition coefficient (Wildman–Crippen LogP) is 5.41. The fraction of sp³-hybridized carbons (Fsp3) is 0.0769. The Morgan fingerprint density at radius 1 is 0.839 bits per heavy atom. The molecule has 0 radical (unpaired) electrons. The van der Waals surface area contributed by atoms with Gasteiger partial charge in [-0.3, -0.25) is 4.79 Å². The molecule has 4 rings (SSSR count). The minimum atomic E-state index is -0.263. The number of oxime groups is 1. The smallest absolute Gasteiger partial charge is 0.265 e. The summed E-state index contributed by atoms with van der Waals surface area (Å²) in [5.74, 6) is 0.508. The molecule has 0 unspecified atom stereocenters. The summed E-state index contributed by atoms with van der Waals surface area (Å²) in [6.45, 7) is 0.339. The van der Waals surface area contributed by atoms with Crippen molar-refractivity contribution in [2.24, 2.45) is 5.16 Å². The van der Waals surface area contributed by atoms with Gasteiger partial charge in [0.05, 0.1) is 6.21 Å². The van der Waals surface area contributed by atoms with Gasteiger partial charge in [0, 0.05) is 5.69 Å². The van der Waals surface area contributed by atoms with E-state index in [1.807, 2.05) is 72.8 Å². The van der Waals surface area contributed by atoms with Gasteiger partial charge in [-0.2, -0.15) is 0 Å². The molecule has 0 fully saturated rings. The van der Waals surface area contributed by atoms with Gasteiger partial charge in [0.2, 0.25) is 0 Å². The minimum absolute atomic E-state index is 0.155. The highest BCUT2D eigenvalue weighted by atomic mass is 16.6. The van der Waals surface area contributed by atoms with E-state index in [9.17, 15) is 4.79 Å². The van der Waals surface area contributed by atoms with Crippen LogP contribution >= 0.6 is 0 Å². The molecular formula is C26H22N2O3. The van der Waals surface area contributed by atoms with Crippen molar-refractivity contribution in [3.63, 3.8) is 0 Å². The van der Waals surface area contributed by atoms with Crippen molar-refractivity contribution in [1.82, 2.24) is 0 Å². The number of amides is 1. The third-order valence-electron chi connectivity index (χ3n) is 4.68. The van der Waals surface area contributed by atoms with Crippen LogP contribution in [0.25, 0.3) is 10.8 Å². The molecule has 0 saturated heterocycles.